The molecule has 0 saturated heterocycles. The standard InChI is InChI=1S/C11H14FNO/c1-14-8-4-5-10(12)9(6-8)11(13)7-2-3-7/h4-7,11H,2-3,13H2,1H3. The van der Waals surface area contributed by atoms with Crippen LogP contribution in [0.3, 0.4) is 0 Å². The van der Waals surface area contributed by atoms with Crippen LogP contribution in [0.2, 0.25) is 0 Å². The summed E-state index contributed by atoms with van der Waals surface area (Å²) in [5.41, 5.74) is 6.50. The number of hydrogen-bond donors (Lipinski definition) is 1. The highest BCUT2D eigenvalue weighted by molar-refractivity contribution is 5.32. The van der Waals surface area contributed by atoms with Gasteiger partial charge in [-0.25, -0.2) is 4.39 Å². The number of rotatable bonds is 3. The molecule has 14 heavy (non-hydrogen) atoms. The highest BCUT2D eigenvalue weighted by Gasteiger charge is 2.31. The van der Waals surface area contributed by atoms with Crippen molar-refractivity contribution >= 4 is 0 Å². The first-order valence-corrected chi connectivity index (χ1v) is 4.81. The van der Waals surface area contributed by atoms with Crippen molar-refractivity contribution in [3.63, 3.8) is 0 Å². The minimum atomic E-state index is -0.231. The van der Waals surface area contributed by atoms with E-state index in [1.165, 1.54) is 6.07 Å². The normalized spacial score (nSPS) is 17.9. The fourth-order valence-electron chi connectivity index (χ4n) is 1.61. The van der Waals surface area contributed by atoms with Gasteiger partial charge >= 0.3 is 0 Å². The predicted molar refractivity (Wildman–Crippen MR) is 52.6 cm³/mol. The monoisotopic (exact) mass is 195 g/mol. The fourth-order valence-corrected chi connectivity index (χ4v) is 1.61. The van der Waals surface area contributed by atoms with Crippen LogP contribution in [0, 0.1) is 11.7 Å². The van der Waals surface area contributed by atoms with Gasteiger partial charge < -0.3 is 10.5 Å². The third-order valence-corrected chi connectivity index (χ3v) is 2.69. The molecule has 0 spiro atoms. The molecule has 0 amide bonds. The number of ether oxygens (including phenoxy) is 1. The van der Waals surface area contributed by atoms with Crippen LogP contribution < -0.4 is 10.5 Å². The van der Waals surface area contributed by atoms with E-state index >= 15 is 0 Å². The van der Waals surface area contributed by atoms with Crippen molar-refractivity contribution in [2.45, 2.75) is 18.9 Å². The van der Waals surface area contributed by atoms with E-state index < -0.39 is 0 Å². The topological polar surface area (TPSA) is 35.2 Å². The Morgan fingerprint density at radius 3 is 2.79 bits per heavy atom. The lowest BCUT2D eigenvalue weighted by atomic mass is 10.0. The highest BCUT2D eigenvalue weighted by Crippen LogP contribution is 2.40. The molecule has 0 aliphatic heterocycles. The van der Waals surface area contributed by atoms with Gasteiger partial charge in [0, 0.05) is 11.6 Å². The molecule has 1 aliphatic rings. The van der Waals surface area contributed by atoms with Crippen molar-refractivity contribution in [1.82, 2.24) is 0 Å². The summed E-state index contributed by atoms with van der Waals surface area (Å²) in [6.07, 6.45) is 2.22. The number of nitrogens with two attached hydrogens (primary N) is 1. The van der Waals surface area contributed by atoms with Crippen LogP contribution in [-0.4, -0.2) is 7.11 Å². The summed E-state index contributed by atoms with van der Waals surface area (Å²) in [6.45, 7) is 0. The van der Waals surface area contributed by atoms with E-state index in [0.29, 0.717) is 17.2 Å². The van der Waals surface area contributed by atoms with Gasteiger partial charge in [-0.05, 0) is 37.0 Å². The van der Waals surface area contributed by atoms with Gasteiger partial charge in [0.15, 0.2) is 0 Å². The molecular weight excluding hydrogens is 181 g/mol. The summed E-state index contributed by atoms with van der Waals surface area (Å²) >= 11 is 0. The van der Waals surface area contributed by atoms with Crippen LogP contribution >= 0.6 is 0 Å². The number of hydrogen-bond acceptors (Lipinski definition) is 2. The Labute approximate surface area is 82.9 Å². The zero-order valence-corrected chi connectivity index (χ0v) is 8.16. The SMILES string of the molecule is COc1ccc(F)c(C(N)C2CC2)c1. The molecule has 1 fully saturated rings. The van der Waals surface area contributed by atoms with Crippen LogP contribution in [-0.2, 0) is 0 Å². The summed E-state index contributed by atoms with van der Waals surface area (Å²) < 4.78 is 18.4. The van der Waals surface area contributed by atoms with Gasteiger partial charge in [-0.15, -0.1) is 0 Å². The molecule has 0 aromatic heterocycles. The molecule has 1 aliphatic carbocycles. The minimum absolute atomic E-state index is 0.176. The molecule has 76 valence electrons. The predicted octanol–water partition coefficient (Wildman–Crippen LogP) is 2.24. The van der Waals surface area contributed by atoms with Gasteiger partial charge in [-0.2, -0.15) is 0 Å². The van der Waals surface area contributed by atoms with E-state index in [9.17, 15) is 4.39 Å². The Balaban J connectivity index is 2.29. The molecule has 1 aromatic carbocycles. The van der Waals surface area contributed by atoms with Gasteiger partial charge in [-0.1, -0.05) is 0 Å². The average Bonchev–Trinajstić information content (AvgIpc) is 3.01. The average molecular weight is 195 g/mol. The second-order valence-corrected chi connectivity index (χ2v) is 3.75. The van der Waals surface area contributed by atoms with E-state index in [1.54, 1.807) is 19.2 Å². The first kappa shape index (κ1) is 9.46. The molecular formula is C11H14FNO. The first-order chi connectivity index (χ1) is 6.72. The summed E-state index contributed by atoms with van der Waals surface area (Å²) in [4.78, 5) is 0. The van der Waals surface area contributed by atoms with Crippen molar-refractivity contribution in [3.05, 3.63) is 29.6 Å². The van der Waals surface area contributed by atoms with Crippen molar-refractivity contribution in [1.29, 1.82) is 0 Å². The Kier molecular flexibility index (Phi) is 2.42. The molecule has 0 heterocycles. The zero-order valence-electron chi connectivity index (χ0n) is 8.16. The fraction of sp³-hybridized carbons (Fsp3) is 0.455. The molecule has 0 bridgehead atoms. The smallest absolute Gasteiger partial charge is 0.128 e. The molecule has 1 aromatic rings. The minimum Gasteiger partial charge on any atom is -0.497 e. The zero-order chi connectivity index (χ0) is 10.1. The van der Waals surface area contributed by atoms with Crippen molar-refractivity contribution in [2.75, 3.05) is 7.11 Å². The lowest BCUT2D eigenvalue weighted by Crippen LogP contribution is -2.14. The van der Waals surface area contributed by atoms with Gasteiger partial charge in [0.05, 0.1) is 7.11 Å². The number of halogens is 1. The van der Waals surface area contributed by atoms with Crippen molar-refractivity contribution in [2.24, 2.45) is 11.7 Å². The quantitative estimate of drug-likeness (QED) is 0.802. The Morgan fingerprint density at radius 1 is 1.50 bits per heavy atom. The number of benzene rings is 1. The van der Waals surface area contributed by atoms with E-state index in [4.69, 9.17) is 10.5 Å². The van der Waals surface area contributed by atoms with Gasteiger partial charge in [-0.3, -0.25) is 0 Å². The molecule has 3 heteroatoms. The van der Waals surface area contributed by atoms with E-state index in [0.717, 1.165) is 12.8 Å². The Morgan fingerprint density at radius 2 is 2.21 bits per heavy atom. The second-order valence-electron chi connectivity index (χ2n) is 3.75. The maximum Gasteiger partial charge on any atom is 0.128 e. The van der Waals surface area contributed by atoms with Crippen LogP contribution in [0.4, 0.5) is 4.39 Å². The van der Waals surface area contributed by atoms with Crippen LogP contribution in [0.25, 0.3) is 0 Å². The van der Waals surface area contributed by atoms with E-state index in [2.05, 4.69) is 0 Å². The molecule has 1 unspecified atom stereocenters. The largest absolute Gasteiger partial charge is 0.497 e. The molecule has 2 rings (SSSR count). The van der Waals surface area contributed by atoms with Gasteiger partial charge in [0.2, 0.25) is 0 Å². The summed E-state index contributed by atoms with van der Waals surface area (Å²) in [7, 11) is 1.57. The maximum atomic E-state index is 13.4. The second kappa shape index (κ2) is 3.58. The summed E-state index contributed by atoms with van der Waals surface area (Å²) in [6, 6.07) is 4.54. The number of methoxy groups -OCH3 is 1. The van der Waals surface area contributed by atoms with Crippen LogP contribution in [0.5, 0.6) is 5.75 Å². The van der Waals surface area contributed by atoms with E-state index in [1.807, 2.05) is 0 Å². The lowest BCUT2D eigenvalue weighted by molar-refractivity contribution is 0.411. The third kappa shape index (κ3) is 1.73. The third-order valence-electron chi connectivity index (χ3n) is 2.69. The van der Waals surface area contributed by atoms with Gasteiger partial charge in [0.1, 0.15) is 11.6 Å². The Bertz CT molecular complexity index is 336. The Hall–Kier alpha value is -1.09. The molecule has 1 saturated carbocycles. The molecule has 2 nitrogen and oxygen atoms in total. The van der Waals surface area contributed by atoms with Crippen LogP contribution in [0.15, 0.2) is 18.2 Å². The maximum absolute atomic E-state index is 13.4. The molecule has 2 N–H and O–H groups in total. The first-order valence-electron chi connectivity index (χ1n) is 4.81. The highest BCUT2D eigenvalue weighted by atomic mass is 19.1. The lowest BCUT2D eigenvalue weighted by Gasteiger charge is -2.12. The molecule has 0 radical (unpaired) electrons. The van der Waals surface area contributed by atoms with Crippen LogP contribution in [0.1, 0.15) is 24.4 Å². The van der Waals surface area contributed by atoms with E-state index in [-0.39, 0.29) is 11.9 Å². The van der Waals surface area contributed by atoms with Crippen molar-refractivity contribution in [3.8, 4) is 5.75 Å². The summed E-state index contributed by atoms with van der Waals surface area (Å²) in [5.74, 6) is 0.888. The summed E-state index contributed by atoms with van der Waals surface area (Å²) in [5, 5.41) is 0. The molecule has 1 atom stereocenters. The van der Waals surface area contributed by atoms with Crippen molar-refractivity contribution < 1.29 is 9.13 Å². The van der Waals surface area contributed by atoms with Gasteiger partial charge in [0.25, 0.3) is 0 Å².